The summed E-state index contributed by atoms with van der Waals surface area (Å²) in [6.45, 7) is 0.434. The van der Waals surface area contributed by atoms with E-state index in [1.165, 1.54) is 0 Å². The summed E-state index contributed by atoms with van der Waals surface area (Å²) >= 11 is 5.94. The zero-order chi connectivity index (χ0) is 13.7. The van der Waals surface area contributed by atoms with E-state index in [1.54, 1.807) is 25.3 Å². The quantitative estimate of drug-likeness (QED) is 0.905. The van der Waals surface area contributed by atoms with Crippen LogP contribution in [-0.4, -0.2) is 12.2 Å². The van der Waals surface area contributed by atoms with E-state index >= 15 is 0 Å². The third-order valence-corrected chi connectivity index (χ3v) is 2.87. The monoisotopic (exact) mass is 278 g/mol. The highest BCUT2D eigenvalue weighted by Crippen LogP contribution is 2.29. The molecule has 2 aromatic carbocycles. The van der Waals surface area contributed by atoms with Gasteiger partial charge in [0.2, 0.25) is 0 Å². The molecule has 0 fully saturated rings. The summed E-state index contributed by atoms with van der Waals surface area (Å²) in [6.07, 6.45) is 0. The van der Waals surface area contributed by atoms with Crippen molar-refractivity contribution in [3.63, 3.8) is 0 Å². The van der Waals surface area contributed by atoms with Gasteiger partial charge in [0, 0.05) is 17.7 Å². The first-order valence-electron chi connectivity index (χ1n) is 5.88. The molecule has 0 aromatic heterocycles. The van der Waals surface area contributed by atoms with Crippen molar-refractivity contribution in [1.29, 1.82) is 0 Å². The van der Waals surface area contributed by atoms with Crippen LogP contribution in [-0.2, 0) is 18.0 Å². The second kappa shape index (κ2) is 6.57. The van der Waals surface area contributed by atoms with E-state index in [9.17, 15) is 5.11 Å². The van der Waals surface area contributed by atoms with Crippen LogP contribution in [0.15, 0.2) is 42.5 Å². The Bertz CT molecular complexity index is 555. The molecule has 0 atom stereocenters. The number of hydrogen-bond donors (Lipinski definition) is 1. The van der Waals surface area contributed by atoms with E-state index in [-0.39, 0.29) is 6.61 Å². The molecule has 2 aromatic rings. The van der Waals surface area contributed by atoms with Crippen molar-refractivity contribution in [2.24, 2.45) is 0 Å². The van der Waals surface area contributed by atoms with Crippen LogP contribution < -0.4 is 4.74 Å². The van der Waals surface area contributed by atoms with Gasteiger partial charge in [-0.15, -0.1) is 0 Å². The van der Waals surface area contributed by atoms with Gasteiger partial charge in [-0.3, -0.25) is 0 Å². The Hall–Kier alpha value is -1.55. The van der Waals surface area contributed by atoms with E-state index in [0.717, 1.165) is 5.56 Å². The highest BCUT2D eigenvalue weighted by molar-refractivity contribution is 6.30. The summed E-state index contributed by atoms with van der Waals surface area (Å²) in [6, 6.07) is 12.8. The summed E-state index contributed by atoms with van der Waals surface area (Å²) in [5.41, 5.74) is 1.72. The molecule has 0 bridgehead atoms. The van der Waals surface area contributed by atoms with Gasteiger partial charge in [-0.05, 0) is 29.8 Å². The fourth-order valence-electron chi connectivity index (χ4n) is 1.75. The molecule has 0 heterocycles. The normalized spacial score (nSPS) is 10.5. The van der Waals surface area contributed by atoms with Crippen LogP contribution >= 0.6 is 11.6 Å². The van der Waals surface area contributed by atoms with Gasteiger partial charge in [-0.1, -0.05) is 29.8 Å². The SMILES string of the molecule is COCc1cccc(Oc2cc(Cl)ccc2CO)c1. The van der Waals surface area contributed by atoms with Gasteiger partial charge in [0.1, 0.15) is 11.5 Å². The molecule has 0 radical (unpaired) electrons. The van der Waals surface area contributed by atoms with Gasteiger partial charge in [0.25, 0.3) is 0 Å². The van der Waals surface area contributed by atoms with Gasteiger partial charge in [0.05, 0.1) is 13.2 Å². The lowest BCUT2D eigenvalue weighted by molar-refractivity contribution is 0.184. The Morgan fingerprint density at radius 2 is 2.00 bits per heavy atom. The first-order valence-corrected chi connectivity index (χ1v) is 6.25. The van der Waals surface area contributed by atoms with Crippen LogP contribution in [0.4, 0.5) is 0 Å². The zero-order valence-corrected chi connectivity index (χ0v) is 11.4. The first kappa shape index (κ1) is 13.9. The predicted octanol–water partition coefficient (Wildman–Crippen LogP) is 3.77. The van der Waals surface area contributed by atoms with Crippen LogP contribution in [0.5, 0.6) is 11.5 Å². The molecule has 0 aliphatic rings. The van der Waals surface area contributed by atoms with Crippen molar-refractivity contribution in [3.05, 3.63) is 58.6 Å². The molecule has 1 N–H and O–H groups in total. The first-order chi connectivity index (χ1) is 9.22. The topological polar surface area (TPSA) is 38.7 Å². The molecular formula is C15H15ClO3. The Kier molecular flexibility index (Phi) is 4.80. The number of halogens is 1. The molecule has 0 unspecified atom stereocenters. The van der Waals surface area contributed by atoms with Crippen LogP contribution in [0.25, 0.3) is 0 Å². The largest absolute Gasteiger partial charge is 0.457 e. The number of methoxy groups -OCH3 is 1. The molecule has 4 heteroatoms. The highest BCUT2D eigenvalue weighted by atomic mass is 35.5. The minimum Gasteiger partial charge on any atom is -0.457 e. The van der Waals surface area contributed by atoms with Crippen molar-refractivity contribution < 1.29 is 14.6 Å². The third kappa shape index (κ3) is 3.70. The maximum absolute atomic E-state index is 9.28. The molecule has 0 amide bonds. The lowest BCUT2D eigenvalue weighted by Gasteiger charge is -2.11. The van der Waals surface area contributed by atoms with Crippen LogP contribution in [0.1, 0.15) is 11.1 Å². The van der Waals surface area contributed by atoms with Gasteiger partial charge >= 0.3 is 0 Å². The number of hydrogen-bond acceptors (Lipinski definition) is 3. The molecule has 0 spiro atoms. The zero-order valence-electron chi connectivity index (χ0n) is 10.6. The fraction of sp³-hybridized carbons (Fsp3) is 0.200. The fourth-order valence-corrected chi connectivity index (χ4v) is 1.91. The molecule has 19 heavy (non-hydrogen) atoms. The lowest BCUT2D eigenvalue weighted by atomic mass is 10.2. The summed E-state index contributed by atoms with van der Waals surface area (Å²) in [7, 11) is 1.65. The molecule has 0 saturated carbocycles. The van der Waals surface area contributed by atoms with Crippen molar-refractivity contribution in [2.75, 3.05) is 7.11 Å². The minimum atomic E-state index is -0.0930. The second-order valence-electron chi connectivity index (χ2n) is 4.09. The molecular weight excluding hydrogens is 264 g/mol. The Morgan fingerprint density at radius 1 is 1.16 bits per heavy atom. The lowest BCUT2D eigenvalue weighted by Crippen LogP contribution is -1.93. The Balaban J connectivity index is 2.25. The van der Waals surface area contributed by atoms with Crippen LogP contribution in [0, 0.1) is 0 Å². The maximum Gasteiger partial charge on any atom is 0.134 e. The molecule has 0 aliphatic heterocycles. The van der Waals surface area contributed by atoms with Crippen LogP contribution in [0.2, 0.25) is 5.02 Å². The van der Waals surface area contributed by atoms with E-state index in [1.807, 2.05) is 24.3 Å². The molecule has 3 nitrogen and oxygen atoms in total. The summed E-state index contributed by atoms with van der Waals surface area (Å²) in [4.78, 5) is 0. The average Bonchev–Trinajstić information content (AvgIpc) is 2.40. The third-order valence-electron chi connectivity index (χ3n) is 2.64. The Morgan fingerprint density at radius 3 is 2.74 bits per heavy atom. The molecule has 0 aliphatic carbocycles. The molecule has 0 saturated heterocycles. The average molecular weight is 279 g/mol. The van der Waals surface area contributed by atoms with Crippen molar-refractivity contribution in [3.8, 4) is 11.5 Å². The van der Waals surface area contributed by atoms with Crippen molar-refractivity contribution in [2.45, 2.75) is 13.2 Å². The van der Waals surface area contributed by atoms with Gasteiger partial charge in [-0.2, -0.15) is 0 Å². The number of rotatable bonds is 5. The number of aliphatic hydroxyl groups excluding tert-OH is 1. The van der Waals surface area contributed by atoms with Crippen molar-refractivity contribution >= 4 is 11.6 Å². The van der Waals surface area contributed by atoms with Crippen molar-refractivity contribution in [1.82, 2.24) is 0 Å². The van der Waals surface area contributed by atoms with Gasteiger partial charge < -0.3 is 14.6 Å². The van der Waals surface area contributed by atoms with E-state index in [2.05, 4.69) is 0 Å². The van der Waals surface area contributed by atoms with E-state index in [0.29, 0.717) is 28.7 Å². The van der Waals surface area contributed by atoms with Gasteiger partial charge in [-0.25, -0.2) is 0 Å². The smallest absolute Gasteiger partial charge is 0.134 e. The summed E-state index contributed by atoms with van der Waals surface area (Å²) in [5, 5.41) is 9.85. The number of ether oxygens (including phenoxy) is 2. The highest BCUT2D eigenvalue weighted by Gasteiger charge is 2.06. The maximum atomic E-state index is 9.28. The van der Waals surface area contributed by atoms with Gasteiger partial charge in [0.15, 0.2) is 0 Å². The second-order valence-corrected chi connectivity index (χ2v) is 4.53. The molecule has 2 rings (SSSR count). The summed E-state index contributed by atoms with van der Waals surface area (Å²) < 4.78 is 10.8. The van der Waals surface area contributed by atoms with E-state index < -0.39 is 0 Å². The number of aliphatic hydroxyl groups is 1. The van der Waals surface area contributed by atoms with E-state index in [4.69, 9.17) is 21.1 Å². The Labute approximate surface area is 117 Å². The molecule has 100 valence electrons. The number of benzene rings is 2. The minimum absolute atomic E-state index is 0.0930. The van der Waals surface area contributed by atoms with Crippen LogP contribution in [0.3, 0.4) is 0 Å². The predicted molar refractivity (Wildman–Crippen MR) is 74.6 cm³/mol. The standard InChI is InChI=1S/C15H15ClO3/c1-18-10-11-3-2-4-14(7-11)19-15-8-13(16)6-5-12(15)9-17/h2-8,17H,9-10H2,1H3. The summed E-state index contributed by atoms with van der Waals surface area (Å²) in [5.74, 6) is 1.25.